The van der Waals surface area contributed by atoms with Crippen LogP contribution in [-0.4, -0.2) is 18.4 Å². The van der Waals surface area contributed by atoms with Gasteiger partial charge in [-0.15, -0.1) is 0 Å². The molecule has 0 saturated heterocycles. The number of H-pyrrole nitrogens is 1. The lowest BCUT2D eigenvalue weighted by atomic mass is 10.2. The topological polar surface area (TPSA) is 74.8 Å². The molecule has 0 bridgehead atoms. The van der Waals surface area contributed by atoms with Gasteiger partial charge < -0.3 is 4.98 Å². The standard InChI is InChI=1S/C10H10FN3O2S/c1-7-3-2-4-8(11)10(7)14-17(15,16)9-5-12-6-13-9/h2-6,14H,1H3,(H,12,13). The van der Waals surface area contributed by atoms with Crippen molar-refractivity contribution in [3.8, 4) is 0 Å². The molecule has 0 aliphatic rings. The molecule has 0 atom stereocenters. The summed E-state index contributed by atoms with van der Waals surface area (Å²) in [5.74, 6) is -0.618. The molecule has 0 unspecified atom stereocenters. The number of nitrogens with one attached hydrogen (secondary N) is 2. The first-order chi connectivity index (χ1) is 8.00. The second-order valence-corrected chi connectivity index (χ2v) is 5.10. The molecule has 17 heavy (non-hydrogen) atoms. The number of nitrogens with zero attached hydrogens (tertiary/aromatic N) is 1. The number of sulfonamides is 1. The second kappa shape index (κ2) is 4.17. The van der Waals surface area contributed by atoms with Gasteiger partial charge in [-0.3, -0.25) is 4.72 Å². The zero-order chi connectivity index (χ0) is 12.5. The molecule has 0 aliphatic carbocycles. The minimum Gasteiger partial charge on any atom is -0.334 e. The van der Waals surface area contributed by atoms with Gasteiger partial charge in [0.05, 0.1) is 18.2 Å². The van der Waals surface area contributed by atoms with Gasteiger partial charge in [-0.05, 0) is 18.6 Å². The van der Waals surface area contributed by atoms with Gasteiger partial charge in [0.15, 0.2) is 5.03 Å². The summed E-state index contributed by atoms with van der Waals surface area (Å²) in [5.41, 5.74) is 0.454. The monoisotopic (exact) mass is 255 g/mol. The number of hydrogen-bond donors (Lipinski definition) is 2. The van der Waals surface area contributed by atoms with Gasteiger partial charge in [0.25, 0.3) is 10.0 Å². The van der Waals surface area contributed by atoms with E-state index >= 15 is 0 Å². The molecule has 5 nitrogen and oxygen atoms in total. The van der Waals surface area contributed by atoms with Gasteiger partial charge in [0, 0.05) is 0 Å². The highest BCUT2D eigenvalue weighted by Crippen LogP contribution is 2.21. The fraction of sp³-hybridized carbons (Fsp3) is 0.100. The molecule has 0 fully saturated rings. The number of benzene rings is 1. The third kappa shape index (κ3) is 2.28. The van der Waals surface area contributed by atoms with Crippen molar-refractivity contribution in [2.24, 2.45) is 0 Å². The van der Waals surface area contributed by atoms with Crippen molar-refractivity contribution in [2.45, 2.75) is 11.9 Å². The molecule has 90 valence electrons. The molecule has 1 aromatic carbocycles. The predicted octanol–water partition coefficient (Wildman–Crippen LogP) is 1.66. The van der Waals surface area contributed by atoms with Crippen molar-refractivity contribution >= 4 is 15.7 Å². The molecule has 2 rings (SSSR count). The van der Waals surface area contributed by atoms with Crippen LogP contribution in [0.3, 0.4) is 0 Å². The number of para-hydroxylation sites is 1. The highest BCUT2D eigenvalue weighted by Gasteiger charge is 2.18. The Labute approximate surface area is 97.8 Å². The molecule has 0 spiro atoms. The number of aryl methyl sites for hydroxylation is 1. The first-order valence-corrected chi connectivity index (χ1v) is 6.25. The Morgan fingerprint density at radius 1 is 1.41 bits per heavy atom. The normalized spacial score (nSPS) is 11.4. The van der Waals surface area contributed by atoms with E-state index in [1.165, 1.54) is 18.5 Å². The third-order valence-electron chi connectivity index (χ3n) is 2.22. The maximum absolute atomic E-state index is 13.5. The van der Waals surface area contributed by atoms with Gasteiger partial charge in [-0.1, -0.05) is 12.1 Å². The Bertz CT molecular complexity index is 603. The van der Waals surface area contributed by atoms with E-state index < -0.39 is 15.8 Å². The Kier molecular flexibility index (Phi) is 2.84. The summed E-state index contributed by atoms with van der Waals surface area (Å²) < 4.78 is 39.3. The van der Waals surface area contributed by atoms with Crippen molar-refractivity contribution < 1.29 is 12.8 Å². The molecule has 0 saturated carbocycles. The van der Waals surface area contributed by atoms with E-state index in [1.807, 2.05) is 0 Å². The van der Waals surface area contributed by atoms with Gasteiger partial charge in [0.1, 0.15) is 5.82 Å². The van der Waals surface area contributed by atoms with E-state index in [1.54, 1.807) is 13.0 Å². The molecular weight excluding hydrogens is 245 g/mol. The zero-order valence-corrected chi connectivity index (χ0v) is 9.75. The first-order valence-electron chi connectivity index (χ1n) is 4.77. The summed E-state index contributed by atoms with van der Waals surface area (Å²) in [6, 6.07) is 4.32. The molecule has 0 radical (unpaired) electrons. The maximum Gasteiger partial charge on any atom is 0.279 e. The molecule has 2 aromatic rings. The van der Waals surface area contributed by atoms with Crippen LogP contribution in [-0.2, 0) is 10.0 Å². The van der Waals surface area contributed by atoms with Crippen LogP contribution in [0.25, 0.3) is 0 Å². The van der Waals surface area contributed by atoms with Crippen molar-refractivity contribution in [3.63, 3.8) is 0 Å². The smallest absolute Gasteiger partial charge is 0.279 e. The van der Waals surface area contributed by atoms with Crippen LogP contribution in [0.2, 0.25) is 0 Å². The Hall–Kier alpha value is -1.89. The van der Waals surface area contributed by atoms with Gasteiger partial charge >= 0.3 is 0 Å². The Morgan fingerprint density at radius 3 is 2.76 bits per heavy atom. The van der Waals surface area contributed by atoms with Crippen LogP contribution in [0.15, 0.2) is 35.7 Å². The molecule has 1 aromatic heterocycles. The minimum absolute atomic E-state index is 0.0536. The number of aromatic nitrogens is 2. The molecule has 0 aliphatic heterocycles. The van der Waals surface area contributed by atoms with Gasteiger partial charge in [-0.25, -0.2) is 9.37 Å². The number of aromatic amines is 1. The average Bonchev–Trinajstić information content (AvgIpc) is 2.77. The summed E-state index contributed by atoms with van der Waals surface area (Å²) in [7, 11) is -3.82. The number of imidazole rings is 1. The SMILES string of the molecule is Cc1cccc(F)c1NS(=O)(=O)c1cnc[nH]1. The molecule has 2 N–H and O–H groups in total. The fourth-order valence-corrected chi connectivity index (χ4v) is 2.39. The lowest BCUT2D eigenvalue weighted by molar-refractivity contribution is 0.595. The maximum atomic E-state index is 13.5. The van der Waals surface area contributed by atoms with Crippen LogP contribution in [0.5, 0.6) is 0 Å². The second-order valence-electron chi connectivity index (χ2n) is 3.45. The molecular formula is C10H10FN3O2S. The van der Waals surface area contributed by atoms with Crippen LogP contribution < -0.4 is 4.72 Å². The highest BCUT2D eigenvalue weighted by molar-refractivity contribution is 7.92. The van der Waals surface area contributed by atoms with Crippen LogP contribution >= 0.6 is 0 Å². The summed E-state index contributed by atoms with van der Waals surface area (Å²) in [4.78, 5) is 6.06. The van der Waals surface area contributed by atoms with Crippen molar-refractivity contribution in [3.05, 3.63) is 42.1 Å². The number of halogens is 1. The Morgan fingerprint density at radius 2 is 2.18 bits per heavy atom. The lowest BCUT2D eigenvalue weighted by Gasteiger charge is -2.09. The first kappa shape index (κ1) is 11.6. The van der Waals surface area contributed by atoms with Crippen molar-refractivity contribution in [2.75, 3.05) is 4.72 Å². The van der Waals surface area contributed by atoms with Crippen LogP contribution in [0.1, 0.15) is 5.56 Å². The largest absolute Gasteiger partial charge is 0.334 e. The van der Waals surface area contributed by atoms with E-state index in [9.17, 15) is 12.8 Å². The summed E-state index contributed by atoms with van der Waals surface area (Å²) in [6.07, 6.45) is 2.39. The molecule has 7 heteroatoms. The third-order valence-corrected chi connectivity index (χ3v) is 3.50. The summed E-state index contributed by atoms with van der Waals surface area (Å²) >= 11 is 0. The van der Waals surface area contributed by atoms with Crippen LogP contribution in [0.4, 0.5) is 10.1 Å². The summed E-state index contributed by atoms with van der Waals surface area (Å²) in [5, 5.41) is -0.111. The van der Waals surface area contributed by atoms with E-state index in [0.717, 1.165) is 6.20 Å². The van der Waals surface area contributed by atoms with Gasteiger partial charge in [-0.2, -0.15) is 8.42 Å². The summed E-state index contributed by atoms with van der Waals surface area (Å²) in [6.45, 7) is 1.62. The molecule has 0 amide bonds. The van der Waals surface area contributed by atoms with E-state index in [0.29, 0.717) is 5.56 Å². The number of hydrogen-bond acceptors (Lipinski definition) is 3. The predicted molar refractivity (Wildman–Crippen MR) is 60.5 cm³/mol. The number of anilines is 1. The van der Waals surface area contributed by atoms with E-state index in [2.05, 4.69) is 14.7 Å². The quantitative estimate of drug-likeness (QED) is 0.875. The lowest BCUT2D eigenvalue weighted by Crippen LogP contribution is -2.15. The van der Waals surface area contributed by atoms with Crippen LogP contribution in [0, 0.1) is 12.7 Å². The molecule has 1 heterocycles. The van der Waals surface area contributed by atoms with Crippen molar-refractivity contribution in [1.29, 1.82) is 0 Å². The van der Waals surface area contributed by atoms with E-state index in [-0.39, 0.29) is 10.7 Å². The minimum atomic E-state index is -3.82. The van der Waals surface area contributed by atoms with Crippen molar-refractivity contribution in [1.82, 2.24) is 9.97 Å². The highest BCUT2D eigenvalue weighted by atomic mass is 32.2. The average molecular weight is 255 g/mol. The number of rotatable bonds is 3. The zero-order valence-electron chi connectivity index (χ0n) is 8.94. The van der Waals surface area contributed by atoms with E-state index in [4.69, 9.17) is 0 Å². The van der Waals surface area contributed by atoms with Gasteiger partial charge in [0.2, 0.25) is 0 Å². The fourth-order valence-electron chi connectivity index (χ4n) is 1.34. The Balaban J connectivity index is 2.40.